The van der Waals surface area contributed by atoms with E-state index in [1.54, 1.807) is 24.4 Å². The van der Waals surface area contributed by atoms with Gasteiger partial charge in [-0.15, -0.1) is 0 Å². The minimum absolute atomic E-state index is 0.0548. The first-order valence-corrected chi connectivity index (χ1v) is 18.9. The molecule has 0 aliphatic carbocycles. The van der Waals surface area contributed by atoms with Gasteiger partial charge in [-0.1, -0.05) is 84.2 Å². The van der Waals surface area contributed by atoms with Gasteiger partial charge in [0, 0.05) is 48.4 Å². The lowest BCUT2D eigenvalue weighted by Crippen LogP contribution is -2.39. The van der Waals surface area contributed by atoms with Crippen molar-refractivity contribution in [3.63, 3.8) is 0 Å². The average Bonchev–Trinajstić information content (AvgIpc) is 3.18. The number of rotatable bonds is 19. The number of hydrogen-bond acceptors (Lipinski definition) is 10. The molecular weight excluding hydrogens is 722 g/mol. The number of carbonyl (C=O) groups is 1. The number of aliphatic carboxylic acids is 1. The van der Waals surface area contributed by atoms with Crippen LogP contribution in [-0.2, 0) is 31.1 Å². The van der Waals surface area contributed by atoms with Gasteiger partial charge in [0.1, 0.15) is 36.8 Å². The highest BCUT2D eigenvalue weighted by Gasteiger charge is 2.19. The fourth-order valence-electron chi connectivity index (χ4n) is 6.05. The number of ether oxygens (including phenoxy) is 2. The van der Waals surface area contributed by atoms with Crippen molar-refractivity contribution in [2.24, 2.45) is 5.14 Å². The molecule has 0 fully saturated rings. The smallest absolute Gasteiger partial charge is 0.323 e. The fraction of sp³-hybridized carbons (Fsp3) is 0.262. The second kappa shape index (κ2) is 19.9. The van der Waals surface area contributed by atoms with E-state index in [9.17, 15) is 20.3 Å². The molecule has 0 aliphatic rings. The Morgan fingerprint density at radius 1 is 0.907 bits per heavy atom. The maximum Gasteiger partial charge on any atom is 0.323 e. The van der Waals surface area contributed by atoms with Crippen molar-refractivity contribution in [1.29, 1.82) is 5.26 Å². The summed E-state index contributed by atoms with van der Waals surface area (Å²) in [4.78, 5) is 15.6. The Labute approximate surface area is 325 Å². The Kier molecular flexibility index (Phi) is 14.9. The van der Waals surface area contributed by atoms with Gasteiger partial charge >= 0.3 is 5.97 Å². The van der Waals surface area contributed by atoms with Gasteiger partial charge in [-0.25, -0.2) is 0 Å². The van der Waals surface area contributed by atoms with Crippen LogP contribution in [0.4, 0.5) is 0 Å². The number of hydrogen-bond donors (Lipinski definition) is 5. The first kappa shape index (κ1) is 40.3. The van der Waals surface area contributed by atoms with E-state index < -0.39 is 18.6 Å². The summed E-state index contributed by atoms with van der Waals surface area (Å²) < 4.78 is 12.5. The van der Waals surface area contributed by atoms with E-state index in [1.807, 2.05) is 12.1 Å². The summed E-state index contributed by atoms with van der Waals surface area (Å²) in [6.07, 6.45) is 4.11. The van der Waals surface area contributed by atoms with Crippen LogP contribution in [0.15, 0.2) is 91.3 Å². The van der Waals surface area contributed by atoms with Gasteiger partial charge in [0.25, 0.3) is 0 Å². The molecule has 280 valence electrons. The largest absolute Gasteiger partial charge is 0.488 e. The van der Waals surface area contributed by atoms with Crippen LogP contribution in [0.2, 0.25) is 5.02 Å². The number of carboxylic acid groups (broad SMARTS) is 1. The second-order valence-corrected chi connectivity index (χ2v) is 13.9. The van der Waals surface area contributed by atoms with Crippen molar-refractivity contribution in [3.8, 4) is 39.8 Å². The summed E-state index contributed by atoms with van der Waals surface area (Å²) in [6, 6.07) is 27.2. The number of pyridine rings is 1. The van der Waals surface area contributed by atoms with Crippen molar-refractivity contribution in [2.75, 3.05) is 18.9 Å². The molecule has 1 aromatic heterocycles. The van der Waals surface area contributed by atoms with Gasteiger partial charge in [0.2, 0.25) is 0 Å². The lowest BCUT2D eigenvalue weighted by molar-refractivity contribution is -0.140. The Balaban J connectivity index is 1.34. The van der Waals surface area contributed by atoms with E-state index in [0.29, 0.717) is 33.2 Å². The molecule has 0 amide bonds. The van der Waals surface area contributed by atoms with Gasteiger partial charge in [-0.2, -0.15) is 5.26 Å². The van der Waals surface area contributed by atoms with Crippen LogP contribution < -0.4 is 25.2 Å². The van der Waals surface area contributed by atoms with E-state index in [4.69, 9.17) is 26.2 Å². The normalized spacial score (nSPS) is 11.6. The van der Waals surface area contributed by atoms with Crippen molar-refractivity contribution in [3.05, 3.63) is 135 Å². The summed E-state index contributed by atoms with van der Waals surface area (Å²) in [7, 11) is 0. The molecule has 1 heterocycles. The van der Waals surface area contributed by atoms with E-state index in [1.165, 1.54) is 34.8 Å². The molecule has 4 aromatic carbocycles. The van der Waals surface area contributed by atoms with Gasteiger partial charge < -0.3 is 25.0 Å². The van der Waals surface area contributed by atoms with Crippen LogP contribution in [0, 0.1) is 25.2 Å². The second-order valence-electron chi connectivity index (χ2n) is 12.8. The highest BCUT2D eigenvalue weighted by atomic mass is 35.5. The number of nitrogens with zero attached hydrogens (tertiary/aromatic N) is 2. The molecule has 1 unspecified atom stereocenters. The van der Waals surface area contributed by atoms with Gasteiger partial charge in [-0.05, 0) is 83.5 Å². The van der Waals surface area contributed by atoms with Crippen molar-refractivity contribution in [2.45, 2.75) is 52.6 Å². The van der Waals surface area contributed by atoms with Crippen molar-refractivity contribution >= 4 is 29.5 Å². The zero-order valence-electron chi connectivity index (χ0n) is 30.3. The summed E-state index contributed by atoms with van der Waals surface area (Å²) in [5, 5.41) is 40.3. The van der Waals surface area contributed by atoms with E-state index in [2.05, 4.69) is 84.1 Å². The molecule has 5 rings (SSSR count). The number of aliphatic hydroxyl groups excluding tert-OH is 1. The summed E-state index contributed by atoms with van der Waals surface area (Å²) in [5.74, 6) is 0.542. The minimum atomic E-state index is -1.18. The van der Waals surface area contributed by atoms with Crippen LogP contribution in [-0.4, -0.2) is 46.1 Å². The quantitative estimate of drug-likeness (QED) is 0.0423. The Morgan fingerprint density at radius 3 is 2.35 bits per heavy atom. The number of aliphatic hydroxyl groups is 1. The Bertz CT molecular complexity index is 2090. The van der Waals surface area contributed by atoms with Crippen LogP contribution in [0.3, 0.4) is 0 Å². The minimum Gasteiger partial charge on any atom is -0.488 e. The first-order valence-electron chi connectivity index (χ1n) is 17.5. The molecule has 0 saturated heterocycles. The number of nitrogens with one attached hydrogen (secondary N) is 2. The number of aromatic nitrogens is 1. The van der Waals surface area contributed by atoms with Crippen LogP contribution in [0.25, 0.3) is 22.3 Å². The summed E-state index contributed by atoms with van der Waals surface area (Å²) in [6.45, 7) is 5.78. The highest BCUT2D eigenvalue weighted by Crippen LogP contribution is 2.37. The van der Waals surface area contributed by atoms with Gasteiger partial charge in [0.05, 0.1) is 17.2 Å². The maximum atomic E-state index is 11.5. The van der Waals surface area contributed by atoms with E-state index >= 15 is 0 Å². The predicted molar refractivity (Wildman–Crippen MR) is 214 cm³/mol. The number of carboxylic acids is 1. The third-order valence-electron chi connectivity index (χ3n) is 9.12. The summed E-state index contributed by atoms with van der Waals surface area (Å²) >= 11 is 8.10. The molecule has 0 saturated carbocycles. The molecule has 1 atom stereocenters. The lowest BCUT2D eigenvalue weighted by atomic mass is 9.89. The molecule has 6 N–H and O–H groups in total. The van der Waals surface area contributed by atoms with Crippen molar-refractivity contribution < 1.29 is 24.5 Å². The first-order chi connectivity index (χ1) is 26.2. The zero-order chi connectivity index (χ0) is 38.5. The van der Waals surface area contributed by atoms with Crippen molar-refractivity contribution in [1.82, 2.24) is 15.6 Å². The van der Waals surface area contributed by atoms with Crippen LogP contribution >= 0.6 is 23.5 Å². The number of nitrogens with two attached hydrogens (primary N) is 1. The Hall–Kier alpha value is -4.93. The molecule has 5 aromatic rings. The number of halogens is 1. The lowest BCUT2D eigenvalue weighted by Gasteiger charge is -2.19. The van der Waals surface area contributed by atoms with E-state index in [-0.39, 0.29) is 19.8 Å². The molecule has 0 radical (unpaired) electrons. The molecule has 54 heavy (non-hydrogen) atoms. The molecular formula is C42H44ClN5O5S. The third kappa shape index (κ3) is 10.6. The predicted octanol–water partition coefficient (Wildman–Crippen LogP) is 7.34. The molecule has 10 nitrogen and oxygen atoms in total. The summed E-state index contributed by atoms with van der Waals surface area (Å²) in [5.41, 5.74) is 10.7. The van der Waals surface area contributed by atoms with Gasteiger partial charge in [-0.3, -0.25) is 20.2 Å². The SMILES string of the molecule is Cc1c(COc2cc(OCc3cncc(C#N)c3)c(CNC(CO)C(=O)O)cc2Cl)cccc1-c1cccc(-c2ccc(CNCCCSN)cc2)c1C. The Morgan fingerprint density at radius 2 is 1.63 bits per heavy atom. The standard InChI is InChI=1S/C42H44ClN5O5S/c1-27-33(6-3-8-36(27)37-9-4-7-35(28(37)2)32-12-10-29(11-13-32)20-46-14-5-15-54-45)26-53-41-18-40(52-25-31-16-30(19-44)21-47-22-31)34(17-38(41)43)23-48-39(24-49)42(50)51/h3-4,6-13,16-18,21-22,39,46,48-49H,5,14-15,20,23-26,45H2,1-2H3,(H,50,51). The molecule has 0 bridgehead atoms. The van der Waals surface area contributed by atoms with Gasteiger partial charge in [0.15, 0.2) is 0 Å². The zero-order valence-corrected chi connectivity index (χ0v) is 31.8. The highest BCUT2D eigenvalue weighted by molar-refractivity contribution is 7.97. The van der Waals surface area contributed by atoms with Crippen LogP contribution in [0.1, 0.15) is 45.4 Å². The van der Waals surface area contributed by atoms with Crippen LogP contribution in [0.5, 0.6) is 11.5 Å². The number of benzene rings is 4. The maximum absolute atomic E-state index is 11.5. The fourth-order valence-corrected chi connectivity index (χ4v) is 6.61. The third-order valence-corrected chi connectivity index (χ3v) is 9.94. The molecule has 0 aliphatic heterocycles. The molecule has 12 heteroatoms. The van der Waals surface area contributed by atoms with E-state index in [0.717, 1.165) is 53.1 Å². The number of nitriles is 1. The molecule has 0 spiro atoms. The average molecular weight is 766 g/mol. The monoisotopic (exact) mass is 765 g/mol. The topological polar surface area (TPSA) is 163 Å².